The second kappa shape index (κ2) is 8.81. The van der Waals surface area contributed by atoms with E-state index in [1.165, 1.54) is 29.7 Å². The summed E-state index contributed by atoms with van der Waals surface area (Å²) in [5.41, 5.74) is 2.35. The lowest BCUT2D eigenvalue weighted by Gasteiger charge is -2.30. The van der Waals surface area contributed by atoms with Gasteiger partial charge < -0.3 is 14.6 Å². The molecular formula is C22H22N4O4S. The molecule has 0 fully saturated rings. The molecule has 1 aliphatic rings. The molecule has 0 saturated heterocycles. The van der Waals surface area contributed by atoms with Crippen LogP contribution in [0.4, 0.5) is 5.69 Å². The highest BCUT2D eigenvalue weighted by molar-refractivity contribution is 7.99. The first-order valence-corrected chi connectivity index (χ1v) is 10.9. The van der Waals surface area contributed by atoms with Crippen molar-refractivity contribution in [2.24, 2.45) is 0 Å². The third-order valence-electron chi connectivity index (χ3n) is 4.69. The molecule has 1 N–H and O–H groups in total. The predicted molar refractivity (Wildman–Crippen MR) is 117 cm³/mol. The minimum atomic E-state index is -0.863. The van der Waals surface area contributed by atoms with E-state index in [1.54, 1.807) is 12.1 Å². The van der Waals surface area contributed by atoms with Gasteiger partial charge in [-0.05, 0) is 36.9 Å². The number of carbonyl (C=O) groups excluding carboxylic acids is 1. The second-order valence-electron chi connectivity index (χ2n) is 6.72. The molecule has 0 bridgehead atoms. The molecule has 1 aromatic heterocycles. The van der Waals surface area contributed by atoms with E-state index in [9.17, 15) is 9.90 Å². The summed E-state index contributed by atoms with van der Waals surface area (Å²) in [6, 6.07) is 12.3. The van der Waals surface area contributed by atoms with Gasteiger partial charge in [-0.25, -0.2) is 0 Å². The van der Waals surface area contributed by atoms with Crippen molar-refractivity contribution in [3.05, 3.63) is 48.0 Å². The summed E-state index contributed by atoms with van der Waals surface area (Å²) in [5.74, 6) is 1.16. The van der Waals surface area contributed by atoms with Crippen molar-refractivity contribution >= 4 is 23.4 Å². The second-order valence-corrected chi connectivity index (χ2v) is 7.95. The lowest BCUT2D eigenvalue weighted by molar-refractivity contribution is -0.118. The third kappa shape index (κ3) is 4.00. The number of phenols is 1. The van der Waals surface area contributed by atoms with Crippen molar-refractivity contribution < 1.29 is 19.4 Å². The number of nitrogens with zero attached hydrogens (tertiary/aromatic N) is 4. The van der Waals surface area contributed by atoms with E-state index in [2.05, 4.69) is 15.2 Å². The molecule has 0 saturated carbocycles. The minimum Gasteiger partial charge on any atom is -0.504 e. The number of ether oxygens (including phenoxy) is 2. The molecule has 1 aliphatic heterocycles. The van der Waals surface area contributed by atoms with Crippen molar-refractivity contribution in [3.8, 4) is 28.6 Å². The quantitative estimate of drug-likeness (QED) is 0.592. The SMILES string of the molecule is CCOc1ccc(C2Oc3nc(SCC)nnc3-c3ccccc3N2C(C)=O)cc1O. The molecule has 1 atom stereocenters. The highest BCUT2D eigenvalue weighted by atomic mass is 32.2. The highest BCUT2D eigenvalue weighted by Gasteiger charge is 2.34. The fourth-order valence-corrected chi connectivity index (χ4v) is 3.93. The zero-order valence-electron chi connectivity index (χ0n) is 17.4. The van der Waals surface area contributed by atoms with Gasteiger partial charge in [0.05, 0.1) is 12.3 Å². The van der Waals surface area contributed by atoms with Gasteiger partial charge in [0.25, 0.3) is 0 Å². The van der Waals surface area contributed by atoms with Crippen molar-refractivity contribution in [2.75, 3.05) is 17.3 Å². The molecule has 1 amide bonds. The Kier molecular flexibility index (Phi) is 5.94. The van der Waals surface area contributed by atoms with Crippen LogP contribution in [0, 0.1) is 0 Å². The molecule has 31 heavy (non-hydrogen) atoms. The van der Waals surface area contributed by atoms with Crippen molar-refractivity contribution in [1.29, 1.82) is 0 Å². The number of hydrogen-bond acceptors (Lipinski definition) is 8. The van der Waals surface area contributed by atoms with Gasteiger partial charge in [0.2, 0.25) is 23.2 Å². The lowest BCUT2D eigenvalue weighted by atomic mass is 10.1. The largest absolute Gasteiger partial charge is 0.504 e. The monoisotopic (exact) mass is 438 g/mol. The average molecular weight is 439 g/mol. The summed E-state index contributed by atoms with van der Waals surface area (Å²) in [6.45, 7) is 5.73. The highest BCUT2D eigenvalue weighted by Crippen LogP contribution is 2.44. The van der Waals surface area contributed by atoms with Gasteiger partial charge in [-0.15, -0.1) is 10.2 Å². The summed E-state index contributed by atoms with van der Waals surface area (Å²) in [6.07, 6.45) is -0.863. The van der Waals surface area contributed by atoms with E-state index >= 15 is 0 Å². The van der Waals surface area contributed by atoms with E-state index in [0.29, 0.717) is 40.0 Å². The van der Waals surface area contributed by atoms with Gasteiger partial charge in [-0.1, -0.05) is 36.9 Å². The van der Waals surface area contributed by atoms with E-state index in [-0.39, 0.29) is 17.5 Å². The topological polar surface area (TPSA) is 97.7 Å². The van der Waals surface area contributed by atoms with E-state index in [0.717, 1.165) is 5.75 Å². The molecule has 0 radical (unpaired) electrons. The number of hydrogen-bond donors (Lipinski definition) is 1. The van der Waals surface area contributed by atoms with Crippen LogP contribution >= 0.6 is 11.8 Å². The van der Waals surface area contributed by atoms with Gasteiger partial charge in [-0.2, -0.15) is 4.98 Å². The summed E-state index contributed by atoms with van der Waals surface area (Å²) in [7, 11) is 0. The van der Waals surface area contributed by atoms with Crippen LogP contribution in [0.15, 0.2) is 47.6 Å². The Labute approximate surface area is 184 Å². The van der Waals surface area contributed by atoms with E-state index in [1.807, 2.05) is 38.1 Å². The van der Waals surface area contributed by atoms with Gasteiger partial charge in [0.15, 0.2) is 17.2 Å². The predicted octanol–water partition coefficient (Wildman–Crippen LogP) is 4.20. The van der Waals surface area contributed by atoms with Crippen LogP contribution in [0.1, 0.15) is 32.6 Å². The van der Waals surface area contributed by atoms with Gasteiger partial charge >= 0.3 is 0 Å². The Bertz CT molecular complexity index is 1120. The van der Waals surface area contributed by atoms with Crippen LogP contribution in [0.2, 0.25) is 0 Å². The van der Waals surface area contributed by atoms with Crippen LogP contribution in [0.25, 0.3) is 11.3 Å². The van der Waals surface area contributed by atoms with Crippen LogP contribution in [0.5, 0.6) is 17.4 Å². The fourth-order valence-electron chi connectivity index (χ4n) is 3.43. The molecular weight excluding hydrogens is 416 g/mol. The molecule has 1 unspecified atom stereocenters. The lowest BCUT2D eigenvalue weighted by Crippen LogP contribution is -2.36. The molecule has 2 aromatic carbocycles. The van der Waals surface area contributed by atoms with Crippen LogP contribution in [0.3, 0.4) is 0 Å². The number of amides is 1. The molecule has 3 aromatic rings. The summed E-state index contributed by atoms with van der Waals surface area (Å²) in [5, 5.41) is 19.5. The van der Waals surface area contributed by atoms with Crippen molar-refractivity contribution in [2.45, 2.75) is 32.2 Å². The number of para-hydroxylation sites is 1. The number of rotatable bonds is 5. The first-order chi connectivity index (χ1) is 15.0. The Morgan fingerprint density at radius 2 is 2.03 bits per heavy atom. The Hall–Kier alpha value is -3.33. The summed E-state index contributed by atoms with van der Waals surface area (Å²) in [4.78, 5) is 18.8. The minimum absolute atomic E-state index is 0.0350. The standard InChI is InChI=1S/C22H22N4O4S/c1-4-29-18-11-10-14(12-17(18)28)21-26(13(3)27)16-9-7-6-8-15(16)19-20(30-21)23-22(25-24-19)31-5-2/h6-12,21,28H,4-5H2,1-3H3. The van der Waals surface area contributed by atoms with E-state index < -0.39 is 6.23 Å². The maximum atomic E-state index is 12.8. The van der Waals surface area contributed by atoms with Crippen LogP contribution < -0.4 is 14.4 Å². The molecule has 0 aliphatic carbocycles. The fraction of sp³-hybridized carbons (Fsp3) is 0.273. The third-order valence-corrected chi connectivity index (χ3v) is 5.41. The Balaban J connectivity index is 1.90. The molecule has 2 heterocycles. The number of aromatic nitrogens is 3. The zero-order chi connectivity index (χ0) is 22.0. The van der Waals surface area contributed by atoms with Crippen LogP contribution in [-0.4, -0.2) is 38.6 Å². The molecule has 4 rings (SSSR count). The number of benzene rings is 2. The number of thioether (sulfide) groups is 1. The van der Waals surface area contributed by atoms with Gasteiger partial charge in [0.1, 0.15) is 0 Å². The number of carbonyl (C=O) groups is 1. The van der Waals surface area contributed by atoms with E-state index in [4.69, 9.17) is 9.47 Å². The summed E-state index contributed by atoms with van der Waals surface area (Å²) < 4.78 is 11.7. The molecule has 160 valence electrons. The maximum Gasteiger partial charge on any atom is 0.247 e. The first-order valence-electron chi connectivity index (χ1n) is 9.92. The molecule has 0 spiro atoms. The number of fused-ring (bicyclic) bond motifs is 3. The van der Waals surface area contributed by atoms with Crippen LogP contribution in [-0.2, 0) is 4.79 Å². The zero-order valence-corrected chi connectivity index (χ0v) is 18.2. The Morgan fingerprint density at radius 3 is 2.74 bits per heavy atom. The number of anilines is 1. The molecule has 9 heteroatoms. The Morgan fingerprint density at radius 1 is 1.23 bits per heavy atom. The maximum absolute atomic E-state index is 12.8. The van der Waals surface area contributed by atoms with Crippen molar-refractivity contribution in [1.82, 2.24) is 15.2 Å². The summed E-state index contributed by atoms with van der Waals surface area (Å²) >= 11 is 1.45. The average Bonchev–Trinajstić information content (AvgIpc) is 2.90. The normalized spacial score (nSPS) is 14.8. The number of aromatic hydroxyl groups is 1. The smallest absolute Gasteiger partial charge is 0.247 e. The number of phenolic OH excluding ortho intramolecular Hbond substituents is 1. The molecule has 8 nitrogen and oxygen atoms in total. The van der Waals surface area contributed by atoms with Crippen molar-refractivity contribution in [3.63, 3.8) is 0 Å². The van der Waals surface area contributed by atoms with Gasteiger partial charge in [-0.3, -0.25) is 9.69 Å². The van der Waals surface area contributed by atoms with Gasteiger partial charge in [0, 0.05) is 18.1 Å². The first kappa shape index (κ1) is 20.9.